The van der Waals surface area contributed by atoms with Crippen molar-refractivity contribution in [1.82, 2.24) is 9.96 Å². The Morgan fingerprint density at radius 1 is 1.24 bits per heavy atom. The number of rotatable bonds is 3. The summed E-state index contributed by atoms with van der Waals surface area (Å²) in [5.74, 6) is -0.101. The minimum absolute atomic E-state index is 0.0272. The van der Waals surface area contributed by atoms with Crippen molar-refractivity contribution in [3.05, 3.63) is 30.3 Å². The summed E-state index contributed by atoms with van der Waals surface area (Å²) in [5.41, 5.74) is 0.778. The molecule has 0 aliphatic carbocycles. The first-order valence-corrected chi connectivity index (χ1v) is 7.04. The fraction of sp³-hybridized carbons (Fsp3) is 0.467. The first-order chi connectivity index (χ1) is 10.1. The second kappa shape index (κ2) is 7.08. The molecule has 2 rings (SSSR count). The Morgan fingerprint density at radius 2 is 1.86 bits per heavy atom. The number of hydrogen-bond acceptors (Lipinski definition) is 3. The SMILES string of the molecule is CON(C)C(=O)C1CCN(C(=O)Nc2ccccc2)CC1. The predicted octanol–water partition coefficient (Wildman–Crippen LogP) is 1.95. The van der Waals surface area contributed by atoms with Crippen LogP contribution in [0.3, 0.4) is 0 Å². The third-order valence-corrected chi connectivity index (χ3v) is 3.74. The Labute approximate surface area is 124 Å². The Hall–Kier alpha value is -2.08. The molecule has 0 unspecified atom stereocenters. The molecule has 1 aromatic rings. The summed E-state index contributed by atoms with van der Waals surface area (Å²) in [6, 6.07) is 9.23. The van der Waals surface area contributed by atoms with Gasteiger partial charge < -0.3 is 10.2 Å². The molecule has 1 aliphatic rings. The highest BCUT2D eigenvalue weighted by atomic mass is 16.7. The number of piperidine rings is 1. The molecular formula is C15H21N3O3. The molecule has 114 valence electrons. The van der Waals surface area contributed by atoms with Crippen molar-refractivity contribution in [2.24, 2.45) is 5.92 Å². The summed E-state index contributed by atoms with van der Waals surface area (Å²) in [6.45, 7) is 1.15. The smallest absolute Gasteiger partial charge is 0.321 e. The Kier molecular flexibility index (Phi) is 5.16. The molecule has 1 saturated heterocycles. The molecule has 3 amide bonds. The fourth-order valence-electron chi connectivity index (χ4n) is 2.40. The van der Waals surface area contributed by atoms with Gasteiger partial charge in [0.05, 0.1) is 7.11 Å². The van der Waals surface area contributed by atoms with Crippen LogP contribution >= 0.6 is 0 Å². The first-order valence-electron chi connectivity index (χ1n) is 7.04. The van der Waals surface area contributed by atoms with Crippen molar-refractivity contribution in [1.29, 1.82) is 0 Å². The third-order valence-electron chi connectivity index (χ3n) is 3.74. The minimum atomic E-state index is -0.118. The Morgan fingerprint density at radius 3 is 2.43 bits per heavy atom. The van der Waals surface area contributed by atoms with E-state index < -0.39 is 0 Å². The highest BCUT2D eigenvalue weighted by molar-refractivity contribution is 5.89. The number of benzene rings is 1. The maximum atomic E-state index is 12.1. The van der Waals surface area contributed by atoms with Gasteiger partial charge in [0.25, 0.3) is 0 Å². The Bertz CT molecular complexity index is 484. The number of likely N-dealkylation sites (tertiary alicyclic amines) is 1. The van der Waals surface area contributed by atoms with Crippen LogP contribution in [-0.4, -0.2) is 49.1 Å². The third kappa shape index (κ3) is 3.95. The lowest BCUT2D eigenvalue weighted by molar-refractivity contribution is -0.174. The molecule has 0 spiro atoms. The van der Waals surface area contributed by atoms with Crippen LogP contribution < -0.4 is 5.32 Å². The number of anilines is 1. The van der Waals surface area contributed by atoms with Gasteiger partial charge in [0.1, 0.15) is 0 Å². The van der Waals surface area contributed by atoms with Gasteiger partial charge in [-0.15, -0.1) is 0 Å². The maximum absolute atomic E-state index is 12.1. The second-order valence-electron chi connectivity index (χ2n) is 5.08. The number of nitrogens with one attached hydrogen (secondary N) is 1. The van der Waals surface area contributed by atoms with Crippen molar-refractivity contribution in [3.8, 4) is 0 Å². The van der Waals surface area contributed by atoms with E-state index in [0.717, 1.165) is 5.69 Å². The van der Waals surface area contributed by atoms with Gasteiger partial charge in [-0.05, 0) is 25.0 Å². The standard InChI is InChI=1S/C15H21N3O3/c1-17(21-2)14(19)12-8-10-18(11-9-12)15(20)16-13-6-4-3-5-7-13/h3-7,12H,8-11H2,1-2H3,(H,16,20). The number of urea groups is 1. The Balaban J connectivity index is 1.83. The van der Waals surface area contributed by atoms with Crippen LogP contribution in [0.15, 0.2) is 30.3 Å². The van der Waals surface area contributed by atoms with Crippen LogP contribution in [0.5, 0.6) is 0 Å². The monoisotopic (exact) mass is 291 g/mol. The van der Waals surface area contributed by atoms with Gasteiger partial charge in [0.2, 0.25) is 5.91 Å². The summed E-state index contributed by atoms with van der Waals surface area (Å²) < 4.78 is 0. The van der Waals surface area contributed by atoms with Gasteiger partial charge in [0, 0.05) is 31.7 Å². The summed E-state index contributed by atoms with van der Waals surface area (Å²) in [4.78, 5) is 30.8. The number of para-hydroxylation sites is 1. The van der Waals surface area contributed by atoms with Crippen LogP contribution in [0.25, 0.3) is 0 Å². The van der Waals surface area contributed by atoms with Gasteiger partial charge in [-0.1, -0.05) is 18.2 Å². The van der Waals surface area contributed by atoms with E-state index in [4.69, 9.17) is 4.84 Å². The van der Waals surface area contributed by atoms with Crippen LogP contribution in [-0.2, 0) is 9.63 Å². The second-order valence-corrected chi connectivity index (χ2v) is 5.08. The van der Waals surface area contributed by atoms with E-state index in [1.807, 2.05) is 30.3 Å². The number of carbonyl (C=O) groups excluding carboxylic acids is 2. The lowest BCUT2D eigenvalue weighted by atomic mass is 9.96. The lowest BCUT2D eigenvalue weighted by Crippen LogP contribution is -2.44. The number of carbonyl (C=O) groups is 2. The van der Waals surface area contributed by atoms with Crippen molar-refractivity contribution in [3.63, 3.8) is 0 Å². The van der Waals surface area contributed by atoms with Crippen LogP contribution in [0.4, 0.5) is 10.5 Å². The van der Waals surface area contributed by atoms with Crippen LogP contribution in [0, 0.1) is 5.92 Å². The van der Waals surface area contributed by atoms with E-state index >= 15 is 0 Å². The topological polar surface area (TPSA) is 61.9 Å². The molecule has 1 N–H and O–H groups in total. The van der Waals surface area contributed by atoms with Crippen molar-refractivity contribution in [2.45, 2.75) is 12.8 Å². The zero-order valence-electron chi connectivity index (χ0n) is 12.4. The zero-order valence-corrected chi connectivity index (χ0v) is 12.4. The van der Waals surface area contributed by atoms with Crippen molar-refractivity contribution in [2.75, 3.05) is 32.6 Å². The van der Waals surface area contributed by atoms with Gasteiger partial charge in [-0.2, -0.15) is 0 Å². The molecule has 0 atom stereocenters. The van der Waals surface area contributed by atoms with E-state index in [1.54, 1.807) is 11.9 Å². The van der Waals surface area contributed by atoms with E-state index in [1.165, 1.54) is 12.2 Å². The molecule has 0 aromatic heterocycles. The first kappa shape index (κ1) is 15.3. The zero-order chi connectivity index (χ0) is 15.2. The summed E-state index contributed by atoms with van der Waals surface area (Å²) in [6.07, 6.45) is 1.32. The molecule has 6 heteroatoms. The molecule has 1 aromatic carbocycles. The minimum Gasteiger partial charge on any atom is -0.324 e. The average Bonchev–Trinajstić information content (AvgIpc) is 2.54. The number of amides is 3. The summed E-state index contributed by atoms with van der Waals surface area (Å²) in [5, 5.41) is 4.11. The number of nitrogens with zero attached hydrogens (tertiary/aromatic N) is 2. The van der Waals surface area contributed by atoms with Crippen molar-refractivity contribution >= 4 is 17.6 Å². The molecule has 0 bridgehead atoms. The molecule has 6 nitrogen and oxygen atoms in total. The molecule has 21 heavy (non-hydrogen) atoms. The van der Waals surface area contributed by atoms with Gasteiger partial charge in [-0.3, -0.25) is 9.63 Å². The number of hydrogen-bond donors (Lipinski definition) is 1. The number of hydroxylamine groups is 2. The molecule has 0 radical (unpaired) electrons. The maximum Gasteiger partial charge on any atom is 0.321 e. The lowest BCUT2D eigenvalue weighted by Gasteiger charge is -2.32. The van der Waals surface area contributed by atoms with Crippen LogP contribution in [0.2, 0.25) is 0 Å². The largest absolute Gasteiger partial charge is 0.324 e. The molecule has 0 saturated carbocycles. The highest BCUT2D eigenvalue weighted by Gasteiger charge is 2.29. The highest BCUT2D eigenvalue weighted by Crippen LogP contribution is 2.20. The normalized spacial score (nSPS) is 15.6. The van der Waals surface area contributed by atoms with Gasteiger partial charge in [0.15, 0.2) is 0 Å². The summed E-state index contributed by atoms with van der Waals surface area (Å²) in [7, 11) is 3.08. The molecular weight excluding hydrogens is 270 g/mol. The van der Waals surface area contributed by atoms with E-state index in [-0.39, 0.29) is 17.9 Å². The van der Waals surface area contributed by atoms with E-state index in [9.17, 15) is 9.59 Å². The molecule has 1 aliphatic heterocycles. The fourth-order valence-corrected chi connectivity index (χ4v) is 2.40. The van der Waals surface area contributed by atoms with Crippen molar-refractivity contribution < 1.29 is 14.4 Å². The average molecular weight is 291 g/mol. The van der Waals surface area contributed by atoms with E-state index in [0.29, 0.717) is 25.9 Å². The summed E-state index contributed by atoms with van der Waals surface area (Å²) >= 11 is 0. The van der Waals surface area contributed by atoms with Crippen LogP contribution in [0.1, 0.15) is 12.8 Å². The molecule has 1 heterocycles. The predicted molar refractivity (Wildman–Crippen MR) is 79.5 cm³/mol. The van der Waals surface area contributed by atoms with Gasteiger partial charge in [-0.25, -0.2) is 9.86 Å². The molecule has 1 fully saturated rings. The quantitative estimate of drug-likeness (QED) is 0.866. The van der Waals surface area contributed by atoms with E-state index in [2.05, 4.69) is 5.32 Å². The van der Waals surface area contributed by atoms with Gasteiger partial charge >= 0.3 is 6.03 Å².